The zero-order valence-corrected chi connectivity index (χ0v) is 18.8. The van der Waals surface area contributed by atoms with E-state index in [0.717, 1.165) is 0 Å². The summed E-state index contributed by atoms with van der Waals surface area (Å²) >= 11 is 5.99. The number of rotatable bonds is 6. The number of amides is 2. The van der Waals surface area contributed by atoms with Crippen molar-refractivity contribution in [2.24, 2.45) is 5.10 Å². The number of nitrogens with zero attached hydrogens (tertiary/aromatic N) is 1. The minimum absolute atomic E-state index is 0.0339. The molecule has 9 heteroatoms. The highest BCUT2D eigenvalue weighted by Crippen LogP contribution is 2.33. The molecule has 0 fully saturated rings. The summed E-state index contributed by atoms with van der Waals surface area (Å²) in [5.74, 6) is -0.0293. The molecule has 0 spiro atoms. The van der Waals surface area contributed by atoms with Crippen molar-refractivity contribution in [3.05, 3.63) is 94.1 Å². The monoisotopic (exact) mass is 477 g/mol. The van der Waals surface area contributed by atoms with Crippen molar-refractivity contribution >= 4 is 35.2 Å². The molecule has 3 aromatic rings. The Morgan fingerprint density at radius 1 is 1.03 bits per heavy atom. The summed E-state index contributed by atoms with van der Waals surface area (Å²) in [6, 6.07) is 18.1. The molecule has 0 bridgehead atoms. The van der Waals surface area contributed by atoms with Crippen molar-refractivity contribution < 1.29 is 24.2 Å². The lowest BCUT2D eigenvalue weighted by molar-refractivity contribution is -0.117. The molecule has 172 valence electrons. The fraction of sp³-hybridized carbons (Fsp3) is 0.0800. The van der Waals surface area contributed by atoms with E-state index >= 15 is 0 Å². The molecular formula is C25H20ClN3O5. The first-order valence-electron chi connectivity index (χ1n) is 10.2. The van der Waals surface area contributed by atoms with E-state index in [2.05, 4.69) is 15.8 Å². The maximum Gasteiger partial charge on any atom is 0.287 e. The van der Waals surface area contributed by atoms with Gasteiger partial charge in [0.1, 0.15) is 11.4 Å². The fourth-order valence-corrected chi connectivity index (χ4v) is 3.34. The summed E-state index contributed by atoms with van der Waals surface area (Å²) in [6.45, 7) is 1.72. The molecule has 3 aromatic carbocycles. The van der Waals surface area contributed by atoms with Gasteiger partial charge in [-0.2, -0.15) is 5.10 Å². The van der Waals surface area contributed by atoms with Gasteiger partial charge < -0.3 is 19.9 Å². The highest BCUT2D eigenvalue weighted by molar-refractivity contribution is 6.31. The van der Waals surface area contributed by atoms with Crippen LogP contribution in [0.1, 0.15) is 28.4 Å². The number of halogens is 1. The minimum Gasteiger partial charge on any atom is -0.507 e. The first-order chi connectivity index (χ1) is 16.4. The van der Waals surface area contributed by atoms with E-state index in [4.69, 9.17) is 21.1 Å². The molecule has 4 rings (SSSR count). The smallest absolute Gasteiger partial charge is 0.287 e. The second kappa shape index (κ2) is 10.1. The van der Waals surface area contributed by atoms with Crippen molar-refractivity contribution in [1.82, 2.24) is 10.7 Å². The van der Waals surface area contributed by atoms with Crippen LogP contribution < -0.4 is 20.2 Å². The first kappa shape index (κ1) is 22.9. The predicted octanol–water partition coefficient (Wildman–Crippen LogP) is 4.09. The van der Waals surface area contributed by atoms with Crippen LogP contribution in [0.15, 0.2) is 77.5 Å². The van der Waals surface area contributed by atoms with Crippen LogP contribution >= 0.6 is 11.6 Å². The van der Waals surface area contributed by atoms with Gasteiger partial charge in [-0.1, -0.05) is 35.9 Å². The zero-order valence-electron chi connectivity index (χ0n) is 18.0. The Kier molecular flexibility index (Phi) is 6.79. The lowest BCUT2D eigenvalue weighted by atomic mass is 10.1. The summed E-state index contributed by atoms with van der Waals surface area (Å²) in [7, 11) is 0. The second-order valence-corrected chi connectivity index (χ2v) is 7.73. The zero-order chi connectivity index (χ0) is 24.1. The number of phenols is 1. The molecule has 0 radical (unpaired) electrons. The number of nitrogens with one attached hydrogen (secondary N) is 2. The van der Waals surface area contributed by atoms with Gasteiger partial charge in [-0.25, -0.2) is 5.43 Å². The molecule has 3 N–H and O–H groups in total. The Balaban J connectivity index is 1.61. The number of carbonyl (C=O) groups excluding carboxylic acids is 2. The van der Waals surface area contributed by atoms with Gasteiger partial charge in [-0.05, 0) is 61.0 Å². The Morgan fingerprint density at radius 2 is 1.79 bits per heavy atom. The molecule has 0 unspecified atom stereocenters. The molecule has 0 aromatic heterocycles. The number of ether oxygens (including phenoxy) is 2. The van der Waals surface area contributed by atoms with Gasteiger partial charge in [0.05, 0.1) is 5.71 Å². The second-order valence-electron chi connectivity index (χ2n) is 7.29. The number of carbonyl (C=O) groups is 2. The van der Waals surface area contributed by atoms with E-state index in [1.807, 2.05) is 0 Å². The molecule has 8 nitrogen and oxygen atoms in total. The van der Waals surface area contributed by atoms with Crippen molar-refractivity contribution in [3.63, 3.8) is 0 Å². The van der Waals surface area contributed by atoms with Gasteiger partial charge in [-0.3, -0.25) is 9.59 Å². The summed E-state index contributed by atoms with van der Waals surface area (Å²) in [5, 5.41) is 17.2. The summed E-state index contributed by atoms with van der Waals surface area (Å²) in [4.78, 5) is 25.7. The molecule has 0 saturated carbocycles. The van der Waals surface area contributed by atoms with Crippen molar-refractivity contribution in [2.45, 2.75) is 6.92 Å². The van der Waals surface area contributed by atoms with Gasteiger partial charge in [0.25, 0.3) is 11.8 Å². The lowest BCUT2D eigenvalue weighted by Gasteiger charge is -2.10. The summed E-state index contributed by atoms with van der Waals surface area (Å²) in [6.07, 6.45) is 1.50. The molecule has 34 heavy (non-hydrogen) atoms. The Bertz CT molecular complexity index is 1310. The third kappa shape index (κ3) is 5.36. The highest BCUT2D eigenvalue weighted by Gasteiger charge is 2.17. The normalized spacial score (nSPS) is 12.9. The number of hydrazone groups is 1. The SMILES string of the molecule is CC(=NNC(=O)C(=Cc1ccc2c(c1)OCO2)NC(=O)c1ccccc1)c1cc(Cl)ccc1O. The third-order valence-electron chi connectivity index (χ3n) is 4.91. The minimum atomic E-state index is -0.664. The van der Waals surface area contributed by atoms with E-state index in [1.54, 1.807) is 55.5 Å². The molecule has 0 saturated heterocycles. The van der Waals surface area contributed by atoms with E-state index in [-0.39, 0.29) is 18.2 Å². The number of fused-ring (bicyclic) bond motifs is 1. The molecule has 1 heterocycles. The quantitative estimate of drug-likeness (QED) is 0.281. The van der Waals surface area contributed by atoms with Crippen LogP contribution in [0, 0.1) is 0 Å². The van der Waals surface area contributed by atoms with Crippen LogP contribution in [0.3, 0.4) is 0 Å². The standard InChI is InChI=1S/C25H20ClN3O5/c1-15(19-13-18(26)8-9-21(19)30)28-29-25(32)20(27-24(31)17-5-3-2-4-6-17)11-16-7-10-22-23(12-16)34-14-33-22/h2-13,30H,14H2,1H3,(H,27,31)(H,29,32). The van der Waals surface area contributed by atoms with Gasteiger partial charge in [0.2, 0.25) is 6.79 Å². The van der Waals surface area contributed by atoms with Crippen molar-refractivity contribution in [3.8, 4) is 17.2 Å². The number of benzene rings is 3. The van der Waals surface area contributed by atoms with Gasteiger partial charge in [0.15, 0.2) is 11.5 Å². The maximum atomic E-state index is 13.0. The average Bonchev–Trinajstić information content (AvgIpc) is 3.32. The van der Waals surface area contributed by atoms with E-state index in [1.165, 1.54) is 24.3 Å². The van der Waals surface area contributed by atoms with E-state index < -0.39 is 11.8 Å². The van der Waals surface area contributed by atoms with Gasteiger partial charge in [0, 0.05) is 16.1 Å². The van der Waals surface area contributed by atoms with Crippen LogP contribution in [0.25, 0.3) is 6.08 Å². The summed E-state index contributed by atoms with van der Waals surface area (Å²) < 4.78 is 10.7. The Hall–Kier alpha value is -4.30. The predicted molar refractivity (Wildman–Crippen MR) is 128 cm³/mol. The van der Waals surface area contributed by atoms with Crippen LogP contribution in [-0.4, -0.2) is 29.4 Å². The number of hydrogen-bond acceptors (Lipinski definition) is 6. The van der Waals surface area contributed by atoms with Crippen LogP contribution in [-0.2, 0) is 4.79 Å². The maximum absolute atomic E-state index is 13.0. The molecular weight excluding hydrogens is 458 g/mol. The van der Waals surface area contributed by atoms with Gasteiger partial charge >= 0.3 is 0 Å². The van der Waals surface area contributed by atoms with E-state index in [9.17, 15) is 14.7 Å². The molecule has 0 aliphatic carbocycles. The number of aromatic hydroxyl groups is 1. The van der Waals surface area contributed by atoms with Crippen molar-refractivity contribution in [2.75, 3.05) is 6.79 Å². The Labute approximate surface area is 200 Å². The lowest BCUT2D eigenvalue weighted by Crippen LogP contribution is -2.33. The molecule has 1 aliphatic rings. The molecule has 1 aliphatic heterocycles. The first-order valence-corrected chi connectivity index (χ1v) is 10.6. The van der Waals surface area contributed by atoms with Crippen LogP contribution in [0.5, 0.6) is 17.2 Å². The van der Waals surface area contributed by atoms with Crippen LogP contribution in [0.2, 0.25) is 5.02 Å². The number of phenolic OH excluding ortho intramolecular Hbond substituents is 1. The molecule has 0 atom stereocenters. The van der Waals surface area contributed by atoms with Crippen molar-refractivity contribution in [1.29, 1.82) is 0 Å². The number of hydrogen-bond donors (Lipinski definition) is 3. The largest absolute Gasteiger partial charge is 0.507 e. The van der Waals surface area contributed by atoms with E-state index in [0.29, 0.717) is 38.9 Å². The van der Waals surface area contributed by atoms with Crippen LogP contribution in [0.4, 0.5) is 0 Å². The third-order valence-corrected chi connectivity index (χ3v) is 5.15. The highest BCUT2D eigenvalue weighted by atomic mass is 35.5. The average molecular weight is 478 g/mol. The Morgan fingerprint density at radius 3 is 2.59 bits per heavy atom. The summed E-state index contributed by atoms with van der Waals surface area (Å²) in [5.41, 5.74) is 4.05. The topological polar surface area (TPSA) is 109 Å². The molecule has 2 amide bonds. The fourth-order valence-electron chi connectivity index (χ4n) is 3.17. The van der Waals surface area contributed by atoms with Gasteiger partial charge in [-0.15, -0.1) is 0 Å².